The first-order valence-electron chi connectivity index (χ1n) is 4.01. The average Bonchev–Trinajstić information content (AvgIpc) is 2.10. The van der Waals surface area contributed by atoms with Crippen LogP contribution in [0, 0.1) is 11.6 Å². The van der Waals surface area contributed by atoms with Gasteiger partial charge in [0.15, 0.2) is 0 Å². The highest BCUT2D eigenvalue weighted by Crippen LogP contribution is 2.24. The lowest BCUT2D eigenvalue weighted by Gasteiger charge is -2.02. The van der Waals surface area contributed by atoms with Crippen molar-refractivity contribution in [2.45, 2.75) is 6.92 Å². The SMILES string of the molecule is C/C(=C\c1c(O)cc(F)cc1F)C(=O)O. The van der Waals surface area contributed by atoms with Gasteiger partial charge in [-0.15, -0.1) is 0 Å². The molecule has 1 rings (SSSR count). The second-order valence-corrected chi connectivity index (χ2v) is 2.95. The number of carboxylic acids is 1. The van der Waals surface area contributed by atoms with Crippen molar-refractivity contribution < 1.29 is 23.8 Å². The largest absolute Gasteiger partial charge is 0.507 e. The quantitative estimate of drug-likeness (QED) is 0.741. The lowest BCUT2D eigenvalue weighted by atomic mass is 10.1. The van der Waals surface area contributed by atoms with Crippen LogP contribution in [0.15, 0.2) is 17.7 Å². The zero-order valence-electron chi connectivity index (χ0n) is 7.79. The summed E-state index contributed by atoms with van der Waals surface area (Å²) < 4.78 is 25.7. The average molecular weight is 214 g/mol. The van der Waals surface area contributed by atoms with Crippen molar-refractivity contribution >= 4 is 12.0 Å². The van der Waals surface area contributed by atoms with E-state index in [9.17, 15) is 18.7 Å². The molecule has 0 radical (unpaired) electrons. The van der Waals surface area contributed by atoms with E-state index in [0.29, 0.717) is 12.1 Å². The monoisotopic (exact) mass is 214 g/mol. The van der Waals surface area contributed by atoms with Crippen LogP contribution in [0.4, 0.5) is 8.78 Å². The van der Waals surface area contributed by atoms with E-state index in [4.69, 9.17) is 5.11 Å². The van der Waals surface area contributed by atoms with E-state index in [-0.39, 0.29) is 11.1 Å². The summed E-state index contributed by atoms with van der Waals surface area (Å²) in [6, 6.07) is 1.28. The summed E-state index contributed by atoms with van der Waals surface area (Å²) in [5, 5.41) is 17.7. The molecule has 80 valence electrons. The molecule has 5 heteroatoms. The summed E-state index contributed by atoms with van der Waals surface area (Å²) >= 11 is 0. The lowest BCUT2D eigenvalue weighted by Crippen LogP contribution is -1.96. The molecule has 0 spiro atoms. The van der Waals surface area contributed by atoms with Crippen LogP contribution in [-0.4, -0.2) is 16.2 Å². The van der Waals surface area contributed by atoms with Crippen LogP contribution >= 0.6 is 0 Å². The third-order valence-corrected chi connectivity index (χ3v) is 1.77. The Morgan fingerprint density at radius 2 is 2.00 bits per heavy atom. The van der Waals surface area contributed by atoms with E-state index in [1.807, 2.05) is 0 Å². The fourth-order valence-electron chi connectivity index (χ4n) is 0.992. The Kier molecular flexibility index (Phi) is 3.04. The second-order valence-electron chi connectivity index (χ2n) is 2.95. The fraction of sp³-hybridized carbons (Fsp3) is 0.100. The molecule has 0 fully saturated rings. The van der Waals surface area contributed by atoms with Crippen LogP contribution in [0.5, 0.6) is 5.75 Å². The van der Waals surface area contributed by atoms with Crippen molar-refractivity contribution in [3.8, 4) is 5.75 Å². The molecule has 0 saturated heterocycles. The van der Waals surface area contributed by atoms with Gasteiger partial charge in [0.1, 0.15) is 17.4 Å². The highest BCUT2D eigenvalue weighted by Gasteiger charge is 2.10. The third-order valence-electron chi connectivity index (χ3n) is 1.77. The first-order valence-corrected chi connectivity index (χ1v) is 4.01. The van der Waals surface area contributed by atoms with E-state index < -0.39 is 23.4 Å². The highest BCUT2D eigenvalue weighted by molar-refractivity contribution is 5.91. The number of carbonyl (C=O) groups is 1. The highest BCUT2D eigenvalue weighted by atomic mass is 19.1. The molecule has 0 aliphatic rings. The predicted molar refractivity (Wildman–Crippen MR) is 49.3 cm³/mol. The molecule has 2 N–H and O–H groups in total. The van der Waals surface area contributed by atoms with Crippen LogP contribution in [0.2, 0.25) is 0 Å². The number of phenols is 1. The number of aromatic hydroxyl groups is 1. The van der Waals surface area contributed by atoms with Crippen molar-refractivity contribution in [3.63, 3.8) is 0 Å². The maximum Gasteiger partial charge on any atom is 0.331 e. The summed E-state index contributed by atoms with van der Waals surface area (Å²) in [6.45, 7) is 1.24. The number of hydrogen-bond donors (Lipinski definition) is 2. The van der Waals surface area contributed by atoms with Crippen molar-refractivity contribution in [1.82, 2.24) is 0 Å². The van der Waals surface area contributed by atoms with Gasteiger partial charge in [0, 0.05) is 17.7 Å². The summed E-state index contributed by atoms with van der Waals surface area (Å²) in [6.07, 6.45) is 0.937. The Morgan fingerprint density at radius 3 is 2.47 bits per heavy atom. The maximum atomic E-state index is 13.1. The van der Waals surface area contributed by atoms with E-state index in [1.165, 1.54) is 6.92 Å². The third kappa shape index (κ3) is 2.52. The molecule has 0 heterocycles. The summed E-state index contributed by atoms with van der Waals surface area (Å²) in [4.78, 5) is 10.4. The van der Waals surface area contributed by atoms with Crippen LogP contribution in [0.1, 0.15) is 12.5 Å². The Hall–Kier alpha value is -1.91. The Morgan fingerprint density at radius 1 is 1.40 bits per heavy atom. The minimum absolute atomic E-state index is 0.157. The zero-order valence-corrected chi connectivity index (χ0v) is 7.79. The van der Waals surface area contributed by atoms with Crippen molar-refractivity contribution in [1.29, 1.82) is 0 Å². The molecule has 0 aliphatic carbocycles. The number of benzene rings is 1. The van der Waals surface area contributed by atoms with Crippen LogP contribution < -0.4 is 0 Å². The van der Waals surface area contributed by atoms with E-state index >= 15 is 0 Å². The Bertz CT molecular complexity index is 415. The number of carboxylic acid groups (broad SMARTS) is 1. The zero-order chi connectivity index (χ0) is 11.6. The van der Waals surface area contributed by atoms with Gasteiger partial charge in [-0.2, -0.15) is 0 Å². The van der Waals surface area contributed by atoms with Gasteiger partial charge in [0.2, 0.25) is 0 Å². The first-order chi connectivity index (χ1) is 6.91. The molecule has 0 atom stereocenters. The molecular formula is C10H8F2O3. The molecule has 3 nitrogen and oxygen atoms in total. The smallest absolute Gasteiger partial charge is 0.331 e. The number of phenolic OH excluding ortho intramolecular Hbond substituents is 1. The summed E-state index contributed by atoms with van der Waals surface area (Å²) in [5.74, 6) is -3.80. The first kappa shape index (κ1) is 11.2. The molecule has 0 aliphatic heterocycles. The lowest BCUT2D eigenvalue weighted by molar-refractivity contribution is -0.132. The van der Waals surface area contributed by atoms with Gasteiger partial charge >= 0.3 is 5.97 Å². The van der Waals surface area contributed by atoms with Crippen molar-refractivity contribution in [2.75, 3.05) is 0 Å². The topological polar surface area (TPSA) is 57.5 Å². The van der Waals surface area contributed by atoms with Gasteiger partial charge in [-0.1, -0.05) is 0 Å². The van der Waals surface area contributed by atoms with Crippen LogP contribution in [0.3, 0.4) is 0 Å². The summed E-state index contributed by atoms with van der Waals surface area (Å²) in [7, 11) is 0. The molecule has 0 saturated carbocycles. The van der Waals surface area contributed by atoms with Gasteiger partial charge in [0.05, 0.1) is 5.56 Å². The van der Waals surface area contributed by atoms with Crippen LogP contribution in [0.25, 0.3) is 6.08 Å². The minimum atomic E-state index is -1.24. The van der Waals surface area contributed by atoms with E-state index in [0.717, 1.165) is 6.08 Å². The van der Waals surface area contributed by atoms with Crippen LogP contribution in [-0.2, 0) is 4.79 Å². The molecular weight excluding hydrogens is 206 g/mol. The van der Waals surface area contributed by atoms with E-state index in [1.54, 1.807) is 0 Å². The maximum absolute atomic E-state index is 13.1. The van der Waals surface area contributed by atoms with E-state index in [2.05, 4.69) is 0 Å². The van der Waals surface area contributed by atoms with Gasteiger partial charge in [-0.3, -0.25) is 0 Å². The molecule has 1 aromatic rings. The second kappa shape index (κ2) is 4.08. The standard InChI is InChI=1S/C10H8F2O3/c1-5(10(14)15)2-7-8(12)3-6(11)4-9(7)13/h2-4,13H,1H3,(H,14,15)/b5-2+. The fourth-order valence-corrected chi connectivity index (χ4v) is 0.992. The van der Waals surface area contributed by atoms with Gasteiger partial charge < -0.3 is 10.2 Å². The molecule has 0 bridgehead atoms. The molecule has 0 unspecified atom stereocenters. The summed E-state index contributed by atoms with van der Waals surface area (Å²) in [5.41, 5.74) is -0.493. The number of hydrogen-bond acceptors (Lipinski definition) is 2. The van der Waals surface area contributed by atoms with Gasteiger partial charge in [-0.05, 0) is 13.0 Å². The van der Waals surface area contributed by atoms with Gasteiger partial charge in [0.25, 0.3) is 0 Å². The minimum Gasteiger partial charge on any atom is -0.507 e. The Balaban J connectivity index is 3.27. The number of aliphatic carboxylic acids is 1. The number of rotatable bonds is 2. The molecule has 15 heavy (non-hydrogen) atoms. The normalized spacial score (nSPS) is 11.5. The molecule has 0 amide bonds. The molecule has 0 aromatic heterocycles. The molecule has 1 aromatic carbocycles. The van der Waals surface area contributed by atoms with Gasteiger partial charge in [-0.25, -0.2) is 13.6 Å². The Labute approximate surface area is 84.3 Å². The van der Waals surface area contributed by atoms with Crippen molar-refractivity contribution in [2.24, 2.45) is 0 Å². The predicted octanol–water partition coefficient (Wildman–Crippen LogP) is 2.16. The van der Waals surface area contributed by atoms with Crippen molar-refractivity contribution in [3.05, 3.63) is 34.9 Å². The number of halogens is 2.